The lowest BCUT2D eigenvalue weighted by Crippen LogP contribution is -2.20. The maximum atomic E-state index is 13.6. The third-order valence-corrected chi connectivity index (χ3v) is 4.77. The predicted molar refractivity (Wildman–Crippen MR) is 79.4 cm³/mol. The predicted octanol–water partition coefficient (Wildman–Crippen LogP) is 2.69. The molecule has 2 aromatic carbocycles. The lowest BCUT2D eigenvalue weighted by atomic mass is 10.3. The van der Waals surface area contributed by atoms with E-state index < -0.39 is 44.0 Å². The summed E-state index contributed by atoms with van der Waals surface area (Å²) in [7, 11) is -1.48. The SMILES string of the molecule is COc1ccc(NS(=O)(=O)c2c(F)c(F)c(F)c(F)c2F)cc1P. The van der Waals surface area contributed by atoms with Crippen molar-refractivity contribution in [2.24, 2.45) is 0 Å². The molecule has 1 atom stereocenters. The summed E-state index contributed by atoms with van der Waals surface area (Å²) in [6, 6.07) is 3.77. The van der Waals surface area contributed by atoms with Crippen LogP contribution in [0.15, 0.2) is 23.1 Å². The van der Waals surface area contributed by atoms with E-state index >= 15 is 0 Å². The van der Waals surface area contributed by atoms with Gasteiger partial charge in [0.1, 0.15) is 5.75 Å². The second kappa shape index (κ2) is 6.52. The van der Waals surface area contributed by atoms with Gasteiger partial charge in [-0.05, 0) is 18.2 Å². The second-order valence-electron chi connectivity index (χ2n) is 4.46. The van der Waals surface area contributed by atoms with Gasteiger partial charge in [0.15, 0.2) is 28.2 Å². The van der Waals surface area contributed by atoms with Gasteiger partial charge in [-0.3, -0.25) is 4.72 Å². The summed E-state index contributed by atoms with van der Waals surface area (Å²) in [6.45, 7) is 0. The summed E-state index contributed by atoms with van der Waals surface area (Å²) in [4.78, 5) is -1.96. The largest absolute Gasteiger partial charge is 0.496 e. The van der Waals surface area contributed by atoms with E-state index in [2.05, 4.69) is 9.24 Å². The van der Waals surface area contributed by atoms with Gasteiger partial charge >= 0.3 is 0 Å². The fraction of sp³-hybridized carbons (Fsp3) is 0.0769. The van der Waals surface area contributed by atoms with E-state index in [0.29, 0.717) is 11.1 Å². The number of rotatable bonds is 4. The van der Waals surface area contributed by atoms with E-state index in [1.807, 2.05) is 0 Å². The van der Waals surface area contributed by atoms with E-state index in [-0.39, 0.29) is 5.69 Å². The van der Waals surface area contributed by atoms with Gasteiger partial charge in [0.2, 0.25) is 5.82 Å². The van der Waals surface area contributed by atoms with E-state index in [1.165, 1.54) is 25.3 Å². The molecule has 0 heterocycles. The van der Waals surface area contributed by atoms with Gasteiger partial charge in [-0.2, -0.15) is 0 Å². The number of anilines is 1. The first-order valence-corrected chi connectivity index (χ1v) is 8.14. The zero-order chi connectivity index (χ0) is 18.2. The minimum atomic E-state index is -5.07. The summed E-state index contributed by atoms with van der Waals surface area (Å²) >= 11 is 0. The average molecular weight is 385 g/mol. The Hall–Kier alpha value is -1.93. The molecule has 2 aromatic rings. The van der Waals surface area contributed by atoms with E-state index in [0.717, 1.165) is 0 Å². The molecule has 0 spiro atoms. The Morgan fingerprint density at radius 2 is 1.46 bits per heavy atom. The number of halogens is 5. The lowest BCUT2D eigenvalue weighted by Gasteiger charge is -2.12. The van der Waals surface area contributed by atoms with Crippen LogP contribution in [0, 0.1) is 29.1 Å². The first-order valence-electron chi connectivity index (χ1n) is 6.08. The van der Waals surface area contributed by atoms with E-state index in [4.69, 9.17) is 4.74 Å². The number of ether oxygens (including phenoxy) is 1. The highest BCUT2D eigenvalue weighted by molar-refractivity contribution is 7.92. The fourth-order valence-corrected chi connectivity index (χ4v) is 3.41. The van der Waals surface area contributed by atoms with Gasteiger partial charge in [-0.25, -0.2) is 30.4 Å². The Morgan fingerprint density at radius 3 is 1.92 bits per heavy atom. The van der Waals surface area contributed by atoms with Crippen LogP contribution < -0.4 is 14.8 Å². The van der Waals surface area contributed by atoms with Gasteiger partial charge in [-0.1, -0.05) is 0 Å². The summed E-state index contributed by atoms with van der Waals surface area (Å²) in [5.74, 6) is -11.7. The molecular formula is C13H9F5NO3PS. The van der Waals surface area contributed by atoms with Crippen molar-refractivity contribution in [3.63, 3.8) is 0 Å². The monoisotopic (exact) mass is 385 g/mol. The van der Waals surface area contributed by atoms with Crippen LogP contribution in [0.3, 0.4) is 0 Å². The number of hydrogen-bond acceptors (Lipinski definition) is 3. The van der Waals surface area contributed by atoms with Gasteiger partial charge in [0.05, 0.1) is 7.11 Å². The maximum Gasteiger partial charge on any atom is 0.267 e. The van der Waals surface area contributed by atoms with Gasteiger partial charge in [-0.15, -0.1) is 9.24 Å². The summed E-state index contributed by atoms with van der Waals surface area (Å²) < 4.78 is 97.4. The van der Waals surface area contributed by atoms with Gasteiger partial charge in [0.25, 0.3) is 10.0 Å². The molecule has 130 valence electrons. The van der Waals surface area contributed by atoms with Crippen molar-refractivity contribution in [1.29, 1.82) is 0 Å². The van der Waals surface area contributed by atoms with Crippen LogP contribution >= 0.6 is 9.24 Å². The molecule has 1 N–H and O–H groups in total. The molecule has 11 heteroatoms. The third-order valence-electron chi connectivity index (χ3n) is 2.92. The molecular weight excluding hydrogens is 376 g/mol. The molecule has 0 aliphatic rings. The zero-order valence-electron chi connectivity index (χ0n) is 11.8. The molecule has 4 nitrogen and oxygen atoms in total. The minimum absolute atomic E-state index is 0.162. The van der Waals surface area contributed by atoms with Crippen molar-refractivity contribution in [2.75, 3.05) is 11.8 Å². The van der Waals surface area contributed by atoms with Crippen LogP contribution in [0.1, 0.15) is 0 Å². The molecule has 0 aliphatic carbocycles. The Kier molecular flexibility index (Phi) is 5.00. The summed E-state index contributed by atoms with van der Waals surface area (Å²) in [6.07, 6.45) is 0. The Balaban J connectivity index is 2.55. The quantitative estimate of drug-likeness (QED) is 0.381. The van der Waals surface area contributed by atoms with Crippen LogP contribution in [0.4, 0.5) is 27.6 Å². The van der Waals surface area contributed by atoms with E-state index in [9.17, 15) is 30.4 Å². The smallest absolute Gasteiger partial charge is 0.267 e. The highest BCUT2D eigenvalue weighted by Crippen LogP contribution is 2.28. The Morgan fingerprint density at radius 1 is 0.958 bits per heavy atom. The van der Waals surface area contributed by atoms with Gasteiger partial charge < -0.3 is 4.74 Å². The highest BCUT2D eigenvalue weighted by atomic mass is 32.2. The van der Waals surface area contributed by atoms with Crippen LogP contribution in [0.25, 0.3) is 0 Å². The van der Waals surface area contributed by atoms with Crippen LogP contribution in [0.2, 0.25) is 0 Å². The standard InChI is InChI=1S/C13H9F5NO3PS/c1-22-6-3-2-5(4-7(6)23)19-24(20,21)13-11(17)9(15)8(14)10(16)12(13)18/h2-4,19H,23H2,1H3. The van der Waals surface area contributed by atoms with Crippen LogP contribution in [-0.2, 0) is 10.0 Å². The van der Waals surface area contributed by atoms with Crippen molar-refractivity contribution in [2.45, 2.75) is 4.90 Å². The molecule has 0 bridgehead atoms. The summed E-state index contributed by atoms with van der Waals surface area (Å²) in [5.41, 5.74) is -0.162. The molecule has 0 aromatic heterocycles. The van der Waals surface area contributed by atoms with Crippen molar-refractivity contribution in [3.05, 3.63) is 47.3 Å². The average Bonchev–Trinajstić information content (AvgIpc) is 2.50. The molecule has 0 saturated carbocycles. The molecule has 0 aliphatic heterocycles. The van der Waals surface area contributed by atoms with Gasteiger partial charge in [0, 0.05) is 11.0 Å². The second-order valence-corrected chi connectivity index (χ2v) is 6.70. The highest BCUT2D eigenvalue weighted by Gasteiger charge is 2.33. The number of nitrogens with one attached hydrogen (secondary N) is 1. The normalized spacial score (nSPS) is 11.5. The van der Waals surface area contributed by atoms with Crippen molar-refractivity contribution in [3.8, 4) is 5.75 Å². The van der Waals surface area contributed by atoms with Crippen molar-refractivity contribution in [1.82, 2.24) is 0 Å². The molecule has 0 amide bonds. The first kappa shape index (κ1) is 18.4. The number of hydrogen-bond donors (Lipinski definition) is 1. The molecule has 0 fully saturated rings. The van der Waals surface area contributed by atoms with E-state index in [1.54, 1.807) is 4.72 Å². The molecule has 24 heavy (non-hydrogen) atoms. The van der Waals surface area contributed by atoms with Crippen molar-refractivity contribution >= 4 is 30.3 Å². The lowest BCUT2D eigenvalue weighted by molar-refractivity contribution is 0.358. The molecule has 0 radical (unpaired) electrons. The maximum absolute atomic E-state index is 13.6. The van der Waals surface area contributed by atoms with Crippen LogP contribution in [0.5, 0.6) is 5.75 Å². The fourth-order valence-electron chi connectivity index (χ4n) is 1.82. The topological polar surface area (TPSA) is 55.4 Å². The molecule has 2 rings (SSSR count). The third kappa shape index (κ3) is 3.16. The Labute approximate surface area is 135 Å². The van der Waals surface area contributed by atoms with Crippen LogP contribution in [-0.4, -0.2) is 15.5 Å². The number of benzene rings is 2. The minimum Gasteiger partial charge on any atom is -0.496 e. The molecule has 0 saturated heterocycles. The first-order chi connectivity index (χ1) is 11.1. The summed E-state index contributed by atoms with van der Waals surface area (Å²) in [5, 5.41) is 0.398. The Bertz CT molecular complexity index is 891. The van der Waals surface area contributed by atoms with Crippen molar-refractivity contribution < 1.29 is 35.1 Å². The molecule has 1 unspecified atom stereocenters. The number of sulfonamides is 1. The zero-order valence-corrected chi connectivity index (χ0v) is 13.8. The number of methoxy groups -OCH3 is 1.